The van der Waals surface area contributed by atoms with Gasteiger partial charge in [0, 0.05) is 0 Å². The van der Waals surface area contributed by atoms with E-state index in [2.05, 4.69) is 28.3 Å². The summed E-state index contributed by atoms with van der Waals surface area (Å²) < 4.78 is 85.5. The molecule has 0 saturated carbocycles. The second-order valence-corrected chi connectivity index (χ2v) is 5.67. The van der Waals surface area contributed by atoms with Crippen molar-refractivity contribution in [2.75, 3.05) is 6.54 Å². The minimum Gasteiger partial charge on any atom is -0.390 e. The lowest BCUT2D eigenvalue weighted by atomic mass is 10.1. The average Bonchev–Trinajstić information content (AvgIpc) is 2.57. The molecule has 162 valence electrons. The van der Waals surface area contributed by atoms with Gasteiger partial charge in [0.25, 0.3) is 0 Å². The summed E-state index contributed by atoms with van der Waals surface area (Å²) in [7, 11) is 0. The zero-order valence-corrected chi connectivity index (χ0v) is 15.7. The van der Waals surface area contributed by atoms with E-state index in [0.29, 0.717) is 0 Å². The third kappa shape index (κ3) is 11.1. The summed E-state index contributed by atoms with van der Waals surface area (Å²) in [6.45, 7) is 1.78. The van der Waals surface area contributed by atoms with Crippen LogP contribution in [-0.4, -0.2) is 35.6 Å². The van der Waals surface area contributed by atoms with E-state index in [9.17, 15) is 30.7 Å². The first-order valence-electron chi connectivity index (χ1n) is 7.71. The molecule has 0 bridgehead atoms. The third-order valence-corrected chi connectivity index (χ3v) is 3.01. The van der Waals surface area contributed by atoms with Crippen molar-refractivity contribution in [2.45, 2.75) is 25.3 Å². The average molecular weight is 445 g/mol. The van der Waals surface area contributed by atoms with Crippen LogP contribution >= 0.6 is 12.2 Å². The van der Waals surface area contributed by atoms with Gasteiger partial charge in [0.05, 0.1) is 4.99 Å². The maximum Gasteiger partial charge on any atom is 0.449 e. The molecule has 13 heteroatoms. The van der Waals surface area contributed by atoms with Crippen LogP contribution in [0.2, 0.25) is 0 Å². The molecule has 0 aliphatic heterocycles. The highest BCUT2D eigenvalue weighted by Gasteiger charge is 2.40. The number of aliphatic imine (C=N–C) groups is 1. The number of nitrogens with one attached hydrogen (secondary N) is 2. The van der Waals surface area contributed by atoms with Gasteiger partial charge in [-0.15, -0.1) is 0 Å². The standard InChI is InChI=1S/C10H11F4N.C6H7F3N4S/c1-2-15-9(10(12,13)14)7-3-5-8(11)6-4-7;7-6(8,9)5(12)13-3(10)1-2-4(11)14/h3-6,9,15H,2H2,1H3;1-2H,(H2,11,14)(H3,10,12,13)/b;2-1-/t9-;/m1./s1. The number of thiocarbonyl (C=S) groups is 1. The maximum atomic E-state index is 12.5. The van der Waals surface area contributed by atoms with E-state index in [4.69, 9.17) is 11.1 Å². The highest BCUT2D eigenvalue weighted by molar-refractivity contribution is 7.80. The number of rotatable bonds is 5. The monoisotopic (exact) mass is 445 g/mol. The van der Waals surface area contributed by atoms with E-state index in [-0.39, 0.29) is 17.1 Å². The van der Waals surface area contributed by atoms with E-state index in [1.54, 1.807) is 6.92 Å². The molecular weight excluding hydrogens is 427 g/mol. The van der Waals surface area contributed by atoms with E-state index in [0.717, 1.165) is 36.4 Å². The summed E-state index contributed by atoms with van der Waals surface area (Å²) in [6.07, 6.45) is -7.11. The molecule has 0 aliphatic carbocycles. The lowest BCUT2D eigenvalue weighted by molar-refractivity contribution is -0.157. The Kier molecular flexibility index (Phi) is 10.5. The predicted octanol–water partition coefficient (Wildman–Crippen LogP) is 3.76. The van der Waals surface area contributed by atoms with Gasteiger partial charge in [-0.1, -0.05) is 31.3 Å². The van der Waals surface area contributed by atoms with Crippen LogP contribution in [0.4, 0.5) is 30.7 Å². The Balaban J connectivity index is 0.000000543. The molecule has 0 unspecified atom stereocenters. The molecule has 0 saturated heterocycles. The minimum absolute atomic E-state index is 0.0192. The van der Waals surface area contributed by atoms with Gasteiger partial charge < -0.3 is 16.8 Å². The van der Waals surface area contributed by atoms with Crippen LogP contribution in [0, 0.1) is 11.2 Å². The van der Waals surface area contributed by atoms with Gasteiger partial charge >= 0.3 is 12.4 Å². The fraction of sp³-hybridized carbons (Fsp3) is 0.312. The summed E-state index contributed by atoms with van der Waals surface area (Å²) in [4.78, 5) is 2.71. The Hall–Kier alpha value is -2.54. The predicted molar refractivity (Wildman–Crippen MR) is 100 cm³/mol. The highest BCUT2D eigenvalue weighted by atomic mass is 32.1. The van der Waals surface area contributed by atoms with Gasteiger partial charge in [0.15, 0.2) is 0 Å². The van der Waals surface area contributed by atoms with Crippen molar-refractivity contribution in [2.24, 2.45) is 16.5 Å². The maximum absolute atomic E-state index is 12.5. The van der Waals surface area contributed by atoms with E-state index in [1.165, 1.54) is 0 Å². The van der Waals surface area contributed by atoms with Crippen LogP contribution in [0.15, 0.2) is 41.4 Å². The lowest BCUT2D eigenvalue weighted by Crippen LogP contribution is -2.33. The first kappa shape index (κ1) is 26.5. The molecule has 6 N–H and O–H groups in total. The highest BCUT2D eigenvalue weighted by Crippen LogP contribution is 2.32. The molecule has 0 aliphatic rings. The van der Waals surface area contributed by atoms with Crippen molar-refractivity contribution in [3.63, 3.8) is 0 Å². The van der Waals surface area contributed by atoms with Crippen LogP contribution in [0.5, 0.6) is 0 Å². The largest absolute Gasteiger partial charge is 0.449 e. The topological polar surface area (TPSA) is 100 Å². The quantitative estimate of drug-likeness (QED) is 0.182. The minimum atomic E-state index is -4.73. The van der Waals surface area contributed by atoms with Crippen molar-refractivity contribution in [1.29, 1.82) is 5.41 Å². The SMILES string of the molecule is CCN[C@H](c1ccc(F)cc1)C(F)(F)F.N=C(/C=C\C(N)=S)N=C(N)C(F)(F)F. The van der Waals surface area contributed by atoms with Gasteiger partial charge in [0.2, 0.25) is 5.84 Å². The molecule has 0 heterocycles. The van der Waals surface area contributed by atoms with Gasteiger partial charge in [0.1, 0.15) is 17.7 Å². The van der Waals surface area contributed by atoms with E-state index < -0.39 is 35.9 Å². The Morgan fingerprint density at radius 1 is 1.14 bits per heavy atom. The zero-order chi connectivity index (χ0) is 22.8. The van der Waals surface area contributed by atoms with Crippen LogP contribution < -0.4 is 16.8 Å². The molecule has 0 amide bonds. The van der Waals surface area contributed by atoms with Crippen LogP contribution in [-0.2, 0) is 0 Å². The molecule has 1 aromatic carbocycles. The van der Waals surface area contributed by atoms with E-state index in [1.807, 2.05) is 0 Å². The Morgan fingerprint density at radius 2 is 1.66 bits per heavy atom. The smallest absolute Gasteiger partial charge is 0.390 e. The number of benzene rings is 1. The summed E-state index contributed by atoms with van der Waals surface area (Å²) in [5.41, 5.74) is 9.57. The molecule has 5 nitrogen and oxygen atoms in total. The molecule has 29 heavy (non-hydrogen) atoms. The van der Waals surface area contributed by atoms with Crippen molar-refractivity contribution in [1.82, 2.24) is 5.32 Å². The number of hydrogen-bond donors (Lipinski definition) is 4. The van der Waals surface area contributed by atoms with E-state index >= 15 is 0 Å². The number of amidine groups is 2. The lowest BCUT2D eigenvalue weighted by Gasteiger charge is -2.21. The van der Waals surface area contributed by atoms with Gasteiger partial charge in [-0.2, -0.15) is 26.3 Å². The summed E-state index contributed by atoms with van der Waals surface area (Å²) in [5, 5.41) is 9.23. The second-order valence-electron chi connectivity index (χ2n) is 5.20. The third-order valence-electron chi connectivity index (χ3n) is 2.88. The molecular formula is C16H18F7N5S. The molecule has 1 aromatic rings. The first-order chi connectivity index (χ1) is 13.2. The molecule has 1 atom stereocenters. The summed E-state index contributed by atoms with van der Waals surface area (Å²) in [5.74, 6) is -2.81. The molecule has 0 radical (unpaired) electrons. The number of halogens is 7. The van der Waals surface area contributed by atoms with Gasteiger partial charge in [-0.3, -0.25) is 5.41 Å². The fourth-order valence-electron chi connectivity index (χ4n) is 1.67. The molecule has 0 spiro atoms. The Labute approximate surface area is 167 Å². The van der Waals surface area contributed by atoms with Crippen LogP contribution in [0.3, 0.4) is 0 Å². The molecule has 0 aromatic heterocycles. The van der Waals surface area contributed by atoms with Crippen LogP contribution in [0.1, 0.15) is 18.5 Å². The van der Waals surface area contributed by atoms with Crippen molar-refractivity contribution in [3.05, 3.63) is 47.8 Å². The summed E-state index contributed by atoms with van der Waals surface area (Å²) in [6, 6.07) is 2.58. The molecule has 0 fully saturated rings. The van der Waals surface area contributed by atoms with Crippen molar-refractivity contribution < 1.29 is 30.7 Å². The van der Waals surface area contributed by atoms with Gasteiger partial charge in [-0.05, 0) is 36.4 Å². The number of alkyl halides is 6. The fourth-order valence-corrected chi connectivity index (χ4v) is 1.74. The normalized spacial score (nSPS) is 13.6. The summed E-state index contributed by atoms with van der Waals surface area (Å²) >= 11 is 4.39. The Morgan fingerprint density at radius 3 is 2.03 bits per heavy atom. The van der Waals surface area contributed by atoms with Crippen LogP contribution in [0.25, 0.3) is 0 Å². The van der Waals surface area contributed by atoms with Gasteiger partial charge in [-0.25, -0.2) is 9.38 Å². The number of hydrogen-bond acceptors (Lipinski definition) is 3. The first-order valence-corrected chi connectivity index (χ1v) is 8.12. The molecule has 1 rings (SSSR count). The van der Waals surface area contributed by atoms with Crippen molar-refractivity contribution in [3.8, 4) is 0 Å². The van der Waals surface area contributed by atoms with Crippen molar-refractivity contribution >= 4 is 28.9 Å². The Bertz CT molecular complexity index is 740. The zero-order valence-electron chi connectivity index (χ0n) is 14.9. The second kappa shape index (κ2) is 11.5. The number of nitrogens with zero attached hydrogens (tertiary/aromatic N) is 1. The number of nitrogens with two attached hydrogens (primary N) is 2.